The van der Waals surface area contributed by atoms with Crippen LogP contribution in [0.5, 0.6) is 0 Å². The minimum Gasteiger partial charge on any atom is -0.378 e. The predicted molar refractivity (Wildman–Crippen MR) is 130 cm³/mol. The maximum Gasteiger partial charge on any atom is 0.251 e. The second-order valence-corrected chi connectivity index (χ2v) is 8.55. The number of nitrogens with zero attached hydrogens (tertiary/aromatic N) is 5. The van der Waals surface area contributed by atoms with Gasteiger partial charge < -0.3 is 19.5 Å². The van der Waals surface area contributed by atoms with Crippen molar-refractivity contribution in [3.8, 4) is 22.5 Å². The van der Waals surface area contributed by atoms with Gasteiger partial charge in [-0.25, -0.2) is 9.98 Å². The van der Waals surface area contributed by atoms with Gasteiger partial charge in [0.1, 0.15) is 11.6 Å². The second-order valence-electron chi connectivity index (χ2n) is 8.14. The maximum atomic E-state index is 6.50. The second kappa shape index (κ2) is 8.50. The van der Waals surface area contributed by atoms with Crippen LogP contribution >= 0.6 is 11.6 Å². The average molecular weight is 459 g/mol. The monoisotopic (exact) mass is 458 g/mol. The Bertz CT molecular complexity index is 1340. The summed E-state index contributed by atoms with van der Waals surface area (Å²) in [5, 5.41) is 4.22. The molecule has 6 rings (SSSR count). The van der Waals surface area contributed by atoms with E-state index < -0.39 is 0 Å². The van der Waals surface area contributed by atoms with Gasteiger partial charge in [0.15, 0.2) is 0 Å². The van der Waals surface area contributed by atoms with Gasteiger partial charge in [-0.05, 0) is 36.4 Å². The molecule has 4 heterocycles. The zero-order valence-electron chi connectivity index (χ0n) is 18.0. The van der Waals surface area contributed by atoms with E-state index in [4.69, 9.17) is 21.3 Å². The molecule has 0 aliphatic carbocycles. The van der Waals surface area contributed by atoms with Gasteiger partial charge in [0.2, 0.25) is 0 Å². The molecule has 0 radical (unpaired) electrons. The van der Waals surface area contributed by atoms with Gasteiger partial charge in [-0.3, -0.25) is 0 Å². The van der Waals surface area contributed by atoms with Crippen LogP contribution in [-0.4, -0.2) is 47.4 Å². The summed E-state index contributed by atoms with van der Waals surface area (Å²) in [6, 6.07) is 18.2. The van der Waals surface area contributed by atoms with E-state index in [1.54, 1.807) is 0 Å². The number of nitrogens with one attached hydrogen (secondary N) is 1. The highest BCUT2D eigenvalue weighted by Crippen LogP contribution is 2.39. The number of hydrogen-bond acceptors (Lipinski definition) is 6. The molecular weight excluding hydrogens is 436 g/mol. The van der Waals surface area contributed by atoms with E-state index in [-0.39, 0.29) is 0 Å². The first-order valence-corrected chi connectivity index (χ1v) is 11.5. The van der Waals surface area contributed by atoms with E-state index in [2.05, 4.69) is 43.0 Å². The fourth-order valence-electron chi connectivity index (χ4n) is 4.47. The largest absolute Gasteiger partial charge is 0.378 e. The molecule has 2 aromatic rings. The van der Waals surface area contributed by atoms with Gasteiger partial charge in [-0.2, -0.15) is 4.98 Å². The molecule has 1 saturated heterocycles. The standard InChI is InChI=1S/C25H23ClN6O/c26-22-4-2-1-3-20(22)21-15-17-16-28-25(30-23(17)32-10-9-27-24(21)32)29-18-5-7-19(8-6-18)31-11-13-33-14-12-31/h1-8,15-16,27H,9-14H2. The summed E-state index contributed by atoms with van der Waals surface area (Å²) >= 11 is 6.50. The van der Waals surface area contributed by atoms with Crippen molar-refractivity contribution in [2.24, 2.45) is 4.99 Å². The van der Waals surface area contributed by atoms with Crippen LogP contribution < -0.4 is 15.8 Å². The molecule has 1 N–H and O–H groups in total. The third-order valence-corrected chi connectivity index (χ3v) is 6.44. The highest BCUT2D eigenvalue weighted by Gasteiger charge is 2.23. The Balaban J connectivity index is 1.38. The fraction of sp³-hybridized carbons (Fsp3) is 0.240. The molecule has 0 spiro atoms. The van der Waals surface area contributed by atoms with Crippen LogP contribution in [0.2, 0.25) is 5.02 Å². The molecule has 8 heteroatoms. The lowest BCUT2D eigenvalue weighted by atomic mass is 10.0. The van der Waals surface area contributed by atoms with Crippen molar-refractivity contribution in [2.75, 3.05) is 43.1 Å². The van der Waals surface area contributed by atoms with E-state index in [1.165, 1.54) is 5.69 Å². The topological polar surface area (TPSA) is 67.6 Å². The van der Waals surface area contributed by atoms with Crippen LogP contribution in [0.25, 0.3) is 22.5 Å². The van der Waals surface area contributed by atoms with Gasteiger partial charge >= 0.3 is 0 Å². The summed E-state index contributed by atoms with van der Waals surface area (Å²) in [6.45, 7) is 5.04. The molecular formula is C25H23ClN6O. The SMILES string of the molecule is Clc1ccccc1-c1cc2cnc(=Nc3ccc(N4CCOCC4)cc3)nc-2n2c1NCC2. The van der Waals surface area contributed by atoms with Gasteiger partial charge in [0.05, 0.1) is 18.9 Å². The van der Waals surface area contributed by atoms with Crippen molar-refractivity contribution in [3.05, 3.63) is 71.4 Å². The minimum absolute atomic E-state index is 0.453. The number of rotatable bonds is 3. The van der Waals surface area contributed by atoms with Crippen LogP contribution in [0.1, 0.15) is 0 Å². The van der Waals surface area contributed by atoms with E-state index in [1.807, 2.05) is 42.6 Å². The Kier molecular flexibility index (Phi) is 5.20. The zero-order valence-corrected chi connectivity index (χ0v) is 18.8. The van der Waals surface area contributed by atoms with E-state index in [9.17, 15) is 0 Å². The van der Waals surface area contributed by atoms with E-state index >= 15 is 0 Å². The Morgan fingerprint density at radius 2 is 1.79 bits per heavy atom. The van der Waals surface area contributed by atoms with Crippen LogP contribution in [0, 0.1) is 0 Å². The van der Waals surface area contributed by atoms with Gasteiger partial charge in [-0.1, -0.05) is 29.8 Å². The Morgan fingerprint density at radius 3 is 2.61 bits per heavy atom. The highest BCUT2D eigenvalue weighted by atomic mass is 35.5. The zero-order chi connectivity index (χ0) is 22.2. The predicted octanol–water partition coefficient (Wildman–Crippen LogP) is 4.20. The molecule has 7 nitrogen and oxygen atoms in total. The molecule has 0 unspecified atom stereocenters. The summed E-state index contributed by atoms with van der Waals surface area (Å²) in [7, 11) is 0. The number of pyridine rings is 1. The molecule has 33 heavy (non-hydrogen) atoms. The summed E-state index contributed by atoms with van der Waals surface area (Å²) in [5.74, 6) is 1.89. The van der Waals surface area contributed by atoms with Crippen molar-refractivity contribution in [1.82, 2.24) is 14.5 Å². The molecule has 0 atom stereocenters. The first-order valence-electron chi connectivity index (χ1n) is 11.1. The lowest BCUT2D eigenvalue weighted by Crippen LogP contribution is -2.36. The number of morpholine rings is 1. The number of fused-ring (bicyclic) bond motifs is 3. The maximum absolute atomic E-state index is 6.50. The van der Waals surface area contributed by atoms with Crippen LogP contribution in [0.4, 0.5) is 17.2 Å². The van der Waals surface area contributed by atoms with Gasteiger partial charge in [-0.15, -0.1) is 0 Å². The Morgan fingerprint density at radius 1 is 0.970 bits per heavy atom. The third kappa shape index (κ3) is 3.83. The molecule has 0 bridgehead atoms. The smallest absolute Gasteiger partial charge is 0.251 e. The van der Waals surface area contributed by atoms with Crippen LogP contribution in [0.15, 0.2) is 65.8 Å². The Labute approximate surface area is 196 Å². The fourth-order valence-corrected chi connectivity index (χ4v) is 4.71. The van der Waals surface area contributed by atoms with Crippen molar-refractivity contribution < 1.29 is 4.74 Å². The number of ether oxygens (including phenoxy) is 1. The van der Waals surface area contributed by atoms with Crippen molar-refractivity contribution in [2.45, 2.75) is 6.54 Å². The van der Waals surface area contributed by atoms with Gasteiger partial charge in [0, 0.05) is 59.8 Å². The molecule has 0 saturated carbocycles. The molecule has 4 aliphatic rings. The lowest BCUT2D eigenvalue weighted by Gasteiger charge is -2.28. The summed E-state index contributed by atoms with van der Waals surface area (Å²) in [6.07, 6.45) is 1.84. The molecule has 0 amide bonds. The van der Waals surface area contributed by atoms with Crippen molar-refractivity contribution in [1.29, 1.82) is 0 Å². The van der Waals surface area contributed by atoms with Gasteiger partial charge in [0.25, 0.3) is 5.62 Å². The molecule has 1 fully saturated rings. The number of hydrogen-bond donors (Lipinski definition) is 1. The Hall–Kier alpha value is -3.42. The van der Waals surface area contributed by atoms with E-state index in [0.717, 1.165) is 78.4 Å². The lowest BCUT2D eigenvalue weighted by molar-refractivity contribution is 0.122. The quantitative estimate of drug-likeness (QED) is 0.498. The molecule has 0 aromatic heterocycles. The van der Waals surface area contributed by atoms with Crippen molar-refractivity contribution >= 4 is 28.8 Å². The van der Waals surface area contributed by atoms with Crippen LogP contribution in [-0.2, 0) is 11.3 Å². The summed E-state index contributed by atoms with van der Waals surface area (Å²) in [5.41, 5.74) is 5.47. The number of halogens is 1. The number of anilines is 2. The highest BCUT2D eigenvalue weighted by molar-refractivity contribution is 6.33. The average Bonchev–Trinajstić information content (AvgIpc) is 3.36. The molecule has 166 valence electrons. The first kappa shape index (κ1) is 20.2. The number of aromatic nitrogens is 3. The third-order valence-electron chi connectivity index (χ3n) is 6.11. The molecule has 2 aromatic carbocycles. The van der Waals surface area contributed by atoms with Crippen molar-refractivity contribution in [3.63, 3.8) is 0 Å². The first-order chi connectivity index (χ1) is 16.3. The van der Waals surface area contributed by atoms with Crippen LogP contribution in [0.3, 0.4) is 0 Å². The minimum atomic E-state index is 0.453. The summed E-state index contributed by atoms with van der Waals surface area (Å²) in [4.78, 5) is 16.3. The summed E-state index contributed by atoms with van der Waals surface area (Å²) < 4.78 is 7.63. The molecule has 4 aliphatic heterocycles. The van der Waals surface area contributed by atoms with E-state index in [0.29, 0.717) is 5.62 Å². The normalized spacial score (nSPS) is 16.2. The number of benzene rings is 2.